The molecule has 7 heteroatoms. The minimum Gasteiger partial charge on any atom is -0.491 e. The van der Waals surface area contributed by atoms with Crippen molar-refractivity contribution in [1.29, 1.82) is 0 Å². The van der Waals surface area contributed by atoms with Gasteiger partial charge in [0.25, 0.3) is 5.91 Å². The quantitative estimate of drug-likeness (QED) is 0.880. The van der Waals surface area contributed by atoms with Gasteiger partial charge in [-0.05, 0) is 18.2 Å². The van der Waals surface area contributed by atoms with Crippen molar-refractivity contribution in [3.63, 3.8) is 0 Å². The number of nitrogens with one attached hydrogen (secondary N) is 1. The number of rotatable bonds is 2. The molecule has 0 aromatic heterocycles. The van der Waals surface area contributed by atoms with Crippen LogP contribution in [-0.2, 0) is 9.59 Å². The van der Waals surface area contributed by atoms with E-state index in [2.05, 4.69) is 5.32 Å². The molecule has 0 unspecified atom stereocenters. The number of piperazine rings is 1. The zero-order chi connectivity index (χ0) is 17.1. The first-order chi connectivity index (χ1) is 11.6. The van der Waals surface area contributed by atoms with Crippen LogP contribution in [0.25, 0.3) is 0 Å². The minimum absolute atomic E-state index is 0.0973. The summed E-state index contributed by atoms with van der Waals surface area (Å²) in [6.45, 7) is 4.33. The average molecular weight is 331 g/mol. The van der Waals surface area contributed by atoms with Crippen LogP contribution in [0.1, 0.15) is 30.1 Å². The first kappa shape index (κ1) is 16.3. The summed E-state index contributed by atoms with van der Waals surface area (Å²) < 4.78 is 5.50. The van der Waals surface area contributed by atoms with Crippen molar-refractivity contribution in [2.45, 2.75) is 19.8 Å². The fourth-order valence-electron chi connectivity index (χ4n) is 2.92. The molecule has 2 heterocycles. The predicted molar refractivity (Wildman–Crippen MR) is 88.0 cm³/mol. The number of hydrogen-bond donors (Lipinski definition) is 1. The lowest BCUT2D eigenvalue weighted by Gasteiger charge is -2.34. The van der Waals surface area contributed by atoms with Crippen molar-refractivity contribution in [3.8, 4) is 5.75 Å². The van der Waals surface area contributed by atoms with Crippen molar-refractivity contribution in [3.05, 3.63) is 23.8 Å². The van der Waals surface area contributed by atoms with E-state index in [1.165, 1.54) is 0 Å². The SMILES string of the molecule is CCC(=O)N1CCN(C(=O)c2ccc3c(c2)NC(=O)CCO3)CC1. The van der Waals surface area contributed by atoms with Crippen LogP contribution in [0, 0.1) is 0 Å². The summed E-state index contributed by atoms with van der Waals surface area (Å²) >= 11 is 0. The zero-order valence-corrected chi connectivity index (χ0v) is 13.7. The van der Waals surface area contributed by atoms with Gasteiger partial charge in [0.2, 0.25) is 11.8 Å². The maximum atomic E-state index is 12.7. The maximum Gasteiger partial charge on any atom is 0.254 e. The number of anilines is 1. The molecule has 0 spiro atoms. The molecule has 128 valence electrons. The second-order valence-corrected chi connectivity index (χ2v) is 5.88. The van der Waals surface area contributed by atoms with E-state index in [-0.39, 0.29) is 17.7 Å². The Balaban J connectivity index is 1.70. The third kappa shape index (κ3) is 3.34. The molecule has 0 aliphatic carbocycles. The van der Waals surface area contributed by atoms with Gasteiger partial charge < -0.3 is 19.9 Å². The molecule has 0 radical (unpaired) electrons. The van der Waals surface area contributed by atoms with Crippen LogP contribution in [0.3, 0.4) is 0 Å². The summed E-state index contributed by atoms with van der Waals surface area (Å²) in [5.41, 5.74) is 1.04. The van der Waals surface area contributed by atoms with Crippen LogP contribution >= 0.6 is 0 Å². The van der Waals surface area contributed by atoms with E-state index in [1.54, 1.807) is 28.0 Å². The molecule has 2 aliphatic heterocycles. The number of nitrogens with zero attached hydrogens (tertiary/aromatic N) is 2. The highest BCUT2D eigenvalue weighted by atomic mass is 16.5. The van der Waals surface area contributed by atoms with Gasteiger partial charge in [0.15, 0.2) is 0 Å². The first-order valence-corrected chi connectivity index (χ1v) is 8.22. The van der Waals surface area contributed by atoms with Crippen molar-refractivity contribution in [2.24, 2.45) is 0 Å². The number of carbonyl (C=O) groups excluding carboxylic acids is 3. The topological polar surface area (TPSA) is 79.0 Å². The van der Waals surface area contributed by atoms with Gasteiger partial charge in [0.05, 0.1) is 18.7 Å². The highest BCUT2D eigenvalue weighted by Gasteiger charge is 2.25. The van der Waals surface area contributed by atoms with Gasteiger partial charge in [-0.15, -0.1) is 0 Å². The molecule has 1 N–H and O–H groups in total. The lowest BCUT2D eigenvalue weighted by molar-refractivity contribution is -0.132. The van der Waals surface area contributed by atoms with Gasteiger partial charge in [0, 0.05) is 38.2 Å². The highest BCUT2D eigenvalue weighted by molar-refractivity contribution is 5.98. The van der Waals surface area contributed by atoms with Crippen LogP contribution in [0.5, 0.6) is 5.75 Å². The van der Waals surface area contributed by atoms with E-state index < -0.39 is 0 Å². The highest BCUT2D eigenvalue weighted by Crippen LogP contribution is 2.28. The second-order valence-electron chi connectivity index (χ2n) is 5.88. The second kappa shape index (κ2) is 6.90. The molecule has 0 atom stereocenters. The van der Waals surface area contributed by atoms with Gasteiger partial charge in [-0.3, -0.25) is 14.4 Å². The van der Waals surface area contributed by atoms with Crippen molar-refractivity contribution in [1.82, 2.24) is 9.80 Å². The molecule has 2 aliphatic rings. The lowest BCUT2D eigenvalue weighted by Crippen LogP contribution is -2.50. The average Bonchev–Trinajstić information content (AvgIpc) is 2.80. The van der Waals surface area contributed by atoms with E-state index in [9.17, 15) is 14.4 Å². The van der Waals surface area contributed by atoms with Gasteiger partial charge >= 0.3 is 0 Å². The Morgan fingerprint density at radius 3 is 2.58 bits per heavy atom. The van der Waals surface area contributed by atoms with E-state index >= 15 is 0 Å². The molecule has 0 saturated carbocycles. The van der Waals surface area contributed by atoms with E-state index in [4.69, 9.17) is 4.74 Å². The normalized spacial score (nSPS) is 17.5. The molecule has 0 bridgehead atoms. The van der Waals surface area contributed by atoms with E-state index in [0.717, 1.165) is 0 Å². The van der Waals surface area contributed by atoms with Crippen LogP contribution < -0.4 is 10.1 Å². The molecule has 7 nitrogen and oxygen atoms in total. The summed E-state index contributed by atoms with van der Waals surface area (Å²) in [6.07, 6.45) is 0.782. The molecule has 1 fully saturated rings. The zero-order valence-electron chi connectivity index (χ0n) is 13.7. The van der Waals surface area contributed by atoms with Crippen LogP contribution in [0.2, 0.25) is 0 Å². The molecule has 1 aromatic rings. The summed E-state index contributed by atoms with van der Waals surface area (Å²) in [5, 5.41) is 2.76. The number of benzene rings is 1. The number of carbonyl (C=O) groups is 3. The Bertz CT molecular complexity index is 666. The fraction of sp³-hybridized carbons (Fsp3) is 0.471. The van der Waals surface area contributed by atoms with Crippen molar-refractivity contribution >= 4 is 23.4 Å². The Morgan fingerprint density at radius 1 is 1.17 bits per heavy atom. The van der Waals surface area contributed by atoms with Gasteiger partial charge in [0.1, 0.15) is 5.75 Å². The number of ether oxygens (including phenoxy) is 1. The van der Waals surface area contributed by atoms with E-state index in [1.807, 2.05) is 6.92 Å². The predicted octanol–water partition coefficient (Wildman–Crippen LogP) is 1.10. The molecule has 24 heavy (non-hydrogen) atoms. The smallest absolute Gasteiger partial charge is 0.254 e. The van der Waals surface area contributed by atoms with Gasteiger partial charge in [-0.1, -0.05) is 6.92 Å². The fourth-order valence-corrected chi connectivity index (χ4v) is 2.92. The minimum atomic E-state index is -0.120. The molecule has 3 amide bonds. The molecular weight excluding hydrogens is 310 g/mol. The summed E-state index contributed by atoms with van der Waals surface area (Å²) in [5.74, 6) is 0.479. The lowest BCUT2D eigenvalue weighted by atomic mass is 10.1. The third-order valence-electron chi connectivity index (χ3n) is 4.31. The van der Waals surface area contributed by atoms with Crippen molar-refractivity contribution < 1.29 is 19.1 Å². The van der Waals surface area contributed by atoms with Gasteiger partial charge in [-0.2, -0.15) is 0 Å². The third-order valence-corrected chi connectivity index (χ3v) is 4.31. The molecular formula is C17H21N3O4. The number of fused-ring (bicyclic) bond motifs is 1. The monoisotopic (exact) mass is 331 g/mol. The Hall–Kier alpha value is -2.57. The van der Waals surface area contributed by atoms with Gasteiger partial charge in [-0.25, -0.2) is 0 Å². The van der Waals surface area contributed by atoms with E-state index in [0.29, 0.717) is 62.6 Å². The largest absolute Gasteiger partial charge is 0.491 e. The molecule has 3 rings (SSSR count). The summed E-state index contributed by atoms with van der Waals surface area (Å²) in [6, 6.07) is 5.08. The Labute approximate surface area is 140 Å². The molecule has 1 aromatic carbocycles. The summed E-state index contributed by atoms with van der Waals surface area (Å²) in [4.78, 5) is 39.5. The maximum absolute atomic E-state index is 12.7. The Morgan fingerprint density at radius 2 is 1.88 bits per heavy atom. The summed E-state index contributed by atoms with van der Waals surface area (Å²) in [7, 11) is 0. The standard InChI is InChI=1S/C17H21N3O4/c1-2-16(22)19-6-8-20(9-7-19)17(23)12-3-4-14-13(11-12)18-15(21)5-10-24-14/h3-4,11H,2,5-10H2,1H3,(H,18,21). The first-order valence-electron chi connectivity index (χ1n) is 8.22. The molecule has 1 saturated heterocycles. The van der Waals surface area contributed by atoms with Crippen LogP contribution in [0.4, 0.5) is 5.69 Å². The van der Waals surface area contributed by atoms with Crippen molar-refractivity contribution in [2.75, 3.05) is 38.1 Å². The van der Waals surface area contributed by atoms with Crippen LogP contribution in [0.15, 0.2) is 18.2 Å². The number of amides is 3. The van der Waals surface area contributed by atoms with Crippen LogP contribution in [-0.4, -0.2) is 60.3 Å². The Kier molecular flexibility index (Phi) is 4.69. The number of hydrogen-bond acceptors (Lipinski definition) is 4.